The molecule has 0 fully saturated rings. The lowest BCUT2D eigenvalue weighted by molar-refractivity contribution is 0.768. The van der Waals surface area contributed by atoms with E-state index in [1.165, 1.54) is 83.1 Å². The smallest absolute Gasteiger partial charge is 0.0714 e. The highest BCUT2D eigenvalue weighted by atomic mass is 15.1. The van der Waals surface area contributed by atoms with Crippen LogP contribution in [0.4, 0.5) is 17.1 Å². The largest absolute Gasteiger partial charge is 0.310 e. The Morgan fingerprint density at radius 1 is 0.328 bits per heavy atom. The molecule has 0 atom stereocenters. The minimum atomic E-state index is -0.506. The molecular formula is C60H43N. The molecule has 1 nitrogen and oxygen atoms in total. The van der Waals surface area contributed by atoms with Crippen LogP contribution in [0, 0.1) is 6.92 Å². The molecule has 1 heteroatoms. The number of fused-ring (bicyclic) bond motifs is 4. The molecule has 0 saturated carbocycles. The summed E-state index contributed by atoms with van der Waals surface area (Å²) in [6, 6.07) is 89.1. The van der Waals surface area contributed by atoms with Gasteiger partial charge in [-0.2, -0.15) is 0 Å². The molecule has 0 bridgehead atoms. The molecule has 10 aromatic carbocycles. The van der Waals surface area contributed by atoms with E-state index in [9.17, 15) is 0 Å². The molecule has 0 N–H and O–H groups in total. The fourth-order valence-corrected chi connectivity index (χ4v) is 9.92. The second-order valence-corrected chi connectivity index (χ2v) is 16.1. The van der Waals surface area contributed by atoms with Crippen LogP contribution in [-0.2, 0) is 5.41 Å². The number of rotatable bonds is 8. The van der Waals surface area contributed by atoms with Crippen LogP contribution in [0.25, 0.3) is 55.3 Å². The summed E-state index contributed by atoms with van der Waals surface area (Å²) in [4.78, 5) is 2.43. The average molecular weight is 778 g/mol. The molecule has 61 heavy (non-hydrogen) atoms. The highest BCUT2D eigenvalue weighted by molar-refractivity contribution is 6.05. The molecule has 288 valence electrons. The number of anilines is 3. The molecule has 0 unspecified atom stereocenters. The van der Waals surface area contributed by atoms with E-state index in [1.807, 2.05) is 0 Å². The van der Waals surface area contributed by atoms with Crippen LogP contribution in [0.15, 0.2) is 243 Å². The summed E-state index contributed by atoms with van der Waals surface area (Å²) in [5, 5.41) is 2.50. The van der Waals surface area contributed by atoms with Crippen molar-refractivity contribution in [2.24, 2.45) is 0 Å². The van der Waals surface area contributed by atoms with Crippen LogP contribution in [0.2, 0.25) is 0 Å². The summed E-state index contributed by atoms with van der Waals surface area (Å²) in [6.45, 7) is 2.21. The molecule has 1 aliphatic carbocycles. The van der Waals surface area contributed by atoms with E-state index in [0.717, 1.165) is 17.1 Å². The maximum atomic E-state index is 2.46. The summed E-state index contributed by atoms with van der Waals surface area (Å²) in [7, 11) is 0. The molecular weight excluding hydrogens is 735 g/mol. The van der Waals surface area contributed by atoms with E-state index in [0.29, 0.717) is 0 Å². The van der Waals surface area contributed by atoms with Crippen molar-refractivity contribution >= 4 is 27.8 Å². The number of benzene rings is 10. The van der Waals surface area contributed by atoms with Crippen LogP contribution in [0.5, 0.6) is 0 Å². The molecule has 0 radical (unpaired) electrons. The third kappa shape index (κ3) is 6.09. The van der Waals surface area contributed by atoms with Gasteiger partial charge in [-0.15, -0.1) is 0 Å². The number of hydrogen-bond acceptors (Lipinski definition) is 1. The molecule has 10 aromatic rings. The van der Waals surface area contributed by atoms with Crippen LogP contribution >= 0.6 is 0 Å². The van der Waals surface area contributed by atoms with Gasteiger partial charge in [0.2, 0.25) is 0 Å². The lowest BCUT2D eigenvalue weighted by Crippen LogP contribution is -2.28. The van der Waals surface area contributed by atoms with E-state index in [4.69, 9.17) is 0 Å². The van der Waals surface area contributed by atoms with Crippen LogP contribution < -0.4 is 4.90 Å². The SMILES string of the molecule is Cc1ccccc1-c1c(-c2ccc(N(c3cccc(-c4ccccc4)c3)c3ccc4c(c3)C(c3ccccc3)(c3ccccc3)c3ccccc3-4)cc2)ccc2ccccc12. The number of aryl methyl sites for hydroxylation is 1. The Hall–Kier alpha value is -7.74. The number of hydrogen-bond donors (Lipinski definition) is 0. The van der Waals surface area contributed by atoms with Gasteiger partial charge >= 0.3 is 0 Å². The average Bonchev–Trinajstić information content (AvgIpc) is 3.63. The zero-order valence-electron chi connectivity index (χ0n) is 34.0. The summed E-state index contributed by atoms with van der Waals surface area (Å²) >= 11 is 0. The van der Waals surface area contributed by atoms with Crippen molar-refractivity contribution in [1.29, 1.82) is 0 Å². The highest BCUT2D eigenvalue weighted by Crippen LogP contribution is 2.57. The van der Waals surface area contributed by atoms with Crippen molar-refractivity contribution in [3.8, 4) is 44.5 Å². The van der Waals surface area contributed by atoms with E-state index >= 15 is 0 Å². The molecule has 1 aliphatic rings. The van der Waals surface area contributed by atoms with Gasteiger partial charge in [0.15, 0.2) is 0 Å². The van der Waals surface area contributed by atoms with Crippen molar-refractivity contribution in [3.63, 3.8) is 0 Å². The van der Waals surface area contributed by atoms with E-state index in [-0.39, 0.29) is 0 Å². The van der Waals surface area contributed by atoms with Crippen molar-refractivity contribution in [2.45, 2.75) is 12.3 Å². The molecule has 0 aliphatic heterocycles. The predicted molar refractivity (Wildman–Crippen MR) is 257 cm³/mol. The van der Waals surface area contributed by atoms with Crippen molar-refractivity contribution in [3.05, 3.63) is 270 Å². The van der Waals surface area contributed by atoms with Gasteiger partial charge in [0, 0.05) is 17.1 Å². The molecule has 0 aromatic heterocycles. The zero-order valence-corrected chi connectivity index (χ0v) is 34.0. The summed E-state index contributed by atoms with van der Waals surface area (Å²) in [5.74, 6) is 0. The third-order valence-electron chi connectivity index (χ3n) is 12.7. The topological polar surface area (TPSA) is 3.24 Å². The van der Waals surface area contributed by atoms with Gasteiger partial charge in [0.1, 0.15) is 0 Å². The number of nitrogens with zero attached hydrogens (tertiary/aromatic N) is 1. The van der Waals surface area contributed by atoms with Crippen LogP contribution in [0.3, 0.4) is 0 Å². The first kappa shape index (κ1) is 36.3. The monoisotopic (exact) mass is 777 g/mol. The van der Waals surface area contributed by atoms with E-state index in [2.05, 4.69) is 254 Å². The standard InChI is InChI=1S/C60H43N/c1-42-18-11-13-28-52(42)59-53-29-14-12-21-44(53)34-38-54(59)45-32-35-49(36-33-45)61(50-27-17-22-46(40-50)43-19-5-2-6-20-43)51-37-39-56-55-30-15-16-31-57(55)60(58(56)41-51,47-23-7-3-8-24-47)48-25-9-4-10-26-48/h2-41H,1H3. The van der Waals surface area contributed by atoms with Gasteiger partial charge in [-0.3, -0.25) is 0 Å². The summed E-state index contributed by atoms with van der Waals surface area (Å²) in [5.41, 5.74) is 19.0. The van der Waals surface area contributed by atoms with Gasteiger partial charge < -0.3 is 4.90 Å². The van der Waals surface area contributed by atoms with Gasteiger partial charge in [-0.05, 0) is 126 Å². The minimum Gasteiger partial charge on any atom is -0.310 e. The maximum absolute atomic E-state index is 2.46. The van der Waals surface area contributed by atoms with Crippen molar-refractivity contribution < 1.29 is 0 Å². The molecule has 0 heterocycles. The molecule has 0 amide bonds. The van der Waals surface area contributed by atoms with E-state index in [1.54, 1.807) is 0 Å². The lowest BCUT2D eigenvalue weighted by atomic mass is 9.67. The molecule has 0 spiro atoms. The first-order valence-corrected chi connectivity index (χ1v) is 21.2. The third-order valence-corrected chi connectivity index (χ3v) is 12.7. The summed E-state index contributed by atoms with van der Waals surface area (Å²) in [6.07, 6.45) is 0. The predicted octanol–water partition coefficient (Wildman–Crippen LogP) is 16.0. The first-order valence-electron chi connectivity index (χ1n) is 21.2. The molecule has 11 rings (SSSR count). The van der Waals surface area contributed by atoms with Gasteiger partial charge in [0.05, 0.1) is 5.41 Å². The lowest BCUT2D eigenvalue weighted by Gasteiger charge is -2.35. The second kappa shape index (κ2) is 15.1. The van der Waals surface area contributed by atoms with Crippen LogP contribution in [0.1, 0.15) is 27.8 Å². The Morgan fingerprint density at radius 3 is 1.62 bits per heavy atom. The van der Waals surface area contributed by atoms with Gasteiger partial charge in [0.25, 0.3) is 0 Å². The Balaban J connectivity index is 1.12. The highest BCUT2D eigenvalue weighted by Gasteiger charge is 2.46. The van der Waals surface area contributed by atoms with E-state index < -0.39 is 5.41 Å². The van der Waals surface area contributed by atoms with Gasteiger partial charge in [-0.25, -0.2) is 0 Å². The Labute approximate surface area is 358 Å². The fraction of sp³-hybridized carbons (Fsp3) is 0.0333. The quantitative estimate of drug-likeness (QED) is 0.149. The first-order chi connectivity index (χ1) is 30.2. The fourth-order valence-electron chi connectivity index (χ4n) is 9.92. The normalized spacial score (nSPS) is 12.5. The zero-order chi connectivity index (χ0) is 40.8. The Kier molecular flexibility index (Phi) is 9.02. The maximum Gasteiger partial charge on any atom is 0.0714 e. The minimum absolute atomic E-state index is 0.506. The Morgan fingerprint density at radius 2 is 0.885 bits per heavy atom. The molecule has 0 saturated heterocycles. The van der Waals surface area contributed by atoms with Crippen molar-refractivity contribution in [1.82, 2.24) is 0 Å². The Bertz CT molecular complexity index is 3140. The van der Waals surface area contributed by atoms with Gasteiger partial charge in [-0.1, -0.05) is 206 Å². The second-order valence-electron chi connectivity index (χ2n) is 16.1. The van der Waals surface area contributed by atoms with Crippen molar-refractivity contribution in [2.75, 3.05) is 4.90 Å². The van der Waals surface area contributed by atoms with Crippen LogP contribution in [-0.4, -0.2) is 0 Å². The summed E-state index contributed by atoms with van der Waals surface area (Å²) < 4.78 is 0.